The van der Waals surface area contributed by atoms with Crippen LogP contribution in [-0.2, 0) is 13.5 Å². The highest BCUT2D eigenvalue weighted by molar-refractivity contribution is 5.65. The molecule has 0 saturated carbocycles. The summed E-state index contributed by atoms with van der Waals surface area (Å²) >= 11 is 0. The Kier molecular flexibility index (Phi) is 6.45. The SMILES string of the molecule is Cc1nc(/C(N)=C(\CCc2cc(-n3cccn3)nn2C)N(C)N)ccc1N1CCCCC1. The summed E-state index contributed by atoms with van der Waals surface area (Å²) in [4.78, 5) is 7.25. The molecule has 170 valence electrons. The molecule has 4 heterocycles. The topological polar surface area (TPSA) is 107 Å². The van der Waals surface area contributed by atoms with Gasteiger partial charge in [-0.05, 0) is 57.2 Å². The highest BCUT2D eigenvalue weighted by Crippen LogP contribution is 2.25. The number of nitrogens with two attached hydrogens (primary N) is 2. The average molecular weight is 436 g/mol. The van der Waals surface area contributed by atoms with Gasteiger partial charge in [-0.2, -0.15) is 10.2 Å². The monoisotopic (exact) mass is 435 g/mol. The molecule has 1 aliphatic rings. The van der Waals surface area contributed by atoms with Crippen LogP contribution in [0.15, 0.2) is 42.4 Å². The molecule has 0 radical (unpaired) electrons. The quantitative estimate of drug-likeness (QED) is 0.433. The van der Waals surface area contributed by atoms with E-state index in [0.29, 0.717) is 12.1 Å². The number of anilines is 1. The van der Waals surface area contributed by atoms with Gasteiger partial charge < -0.3 is 15.6 Å². The van der Waals surface area contributed by atoms with Gasteiger partial charge in [0, 0.05) is 51.3 Å². The van der Waals surface area contributed by atoms with Crippen LogP contribution in [0.4, 0.5) is 5.69 Å². The van der Waals surface area contributed by atoms with Crippen molar-refractivity contribution >= 4 is 11.4 Å². The van der Waals surface area contributed by atoms with Crippen LogP contribution < -0.4 is 16.5 Å². The van der Waals surface area contributed by atoms with Gasteiger partial charge in [0.2, 0.25) is 0 Å². The van der Waals surface area contributed by atoms with E-state index in [2.05, 4.69) is 28.1 Å². The Hall–Kier alpha value is -3.33. The predicted molar refractivity (Wildman–Crippen MR) is 127 cm³/mol. The molecule has 1 aliphatic heterocycles. The van der Waals surface area contributed by atoms with E-state index < -0.39 is 0 Å². The number of piperidine rings is 1. The van der Waals surface area contributed by atoms with E-state index in [4.69, 9.17) is 16.6 Å². The van der Waals surface area contributed by atoms with Gasteiger partial charge in [-0.3, -0.25) is 4.68 Å². The molecule has 32 heavy (non-hydrogen) atoms. The molecule has 0 aliphatic carbocycles. The van der Waals surface area contributed by atoms with Crippen LogP contribution in [-0.4, -0.2) is 49.7 Å². The van der Waals surface area contributed by atoms with Crippen LogP contribution in [0.3, 0.4) is 0 Å². The summed E-state index contributed by atoms with van der Waals surface area (Å²) in [6.45, 7) is 4.24. The Balaban J connectivity index is 1.54. The van der Waals surface area contributed by atoms with Gasteiger partial charge in [0.1, 0.15) is 0 Å². The van der Waals surface area contributed by atoms with E-state index in [0.717, 1.165) is 48.1 Å². The smallest absolute Gasteiger partial charge is 0.175 e. The molecular formula is C23H33N9. The fraction of sp³-hybridized carbons (Fsp3) is 0.435. The lowest BCUT2D eigenvalue weighted by molar-refractivity contribution is 0.421. The zero-order chi connectivity index (χ0) is 22.7. The van der Waals surface area contributed by atoms with Crippen LogP contribution in [0, 0.1) is 6.92 Å². The largest absolute Gasteiger partial charge is 0.396 e. The van der Waals surface area contributed by atoms with Gasteiger partial charge in [-0.1, -0.05) is 0 Å². The second-order valence-corrected chi connectivity index (χ2v) is 8.39. The minimum Gasteiger partial charge on any atom is -0.396 e. The molecule has 3 aromatic heterocycles. The normalized spacial score (nSPS) is 15.1. The molecule has 9 heteroatoms. The third kappa shape index (κ3) is 4.62. The van der Waals surface area contributed by atoms with Crippen molar-refractivity contribution in [3.05, 3.63) is 59.4 Å². The van der Waals surface area contributed by atoms with Gasteiger partial charge in [-0.15, -0.1) is 0 Å². The third-order valence-corrected chi connectivity index (χ3v) is 6.09. The van der Waals surface area contributed by atoms with Crippen molar-refractivity contribution in [3.8, 4) is 5.82 Å². The van der Waals surface area contributed by atoms with E-state index >= 15 is 0 Å². The first-order valence-corrected chi connectivity index (χ1v) is 11.2. The summed E-state index contributed by atoms with van der Waals surface area (Å²) in [5.41, 5.74) is 12.1. The highest BCUT2D eigenvalue weighted by Gasteiger charge is 2.17. The van der Waals surface area contributed by atoms with Crippen LogP contribution >= 0.6 is 0 Å². The Morgan fingerprint density at radius 1 is 1.19 bits per heavy atom. The maximum atomic E-state index is 6.57. The first-order chi connectivity index (χ1) is 15.4. The van der Waals surface area contributed by atoms with Crippen molar-refractivity contribution in [2.75, 3.05) is 25.0 Å². The summed E-state index contributed by atoms with van der Waals surface area (Å²) in [6, 6.07) is 8.06. The molecule has 4 N–H and O–H groups in total. The number of hydrogen-bond acceptors (Lipinski definition) is 7. The van der Waals surface area contributed by atoms with E-state index in [9.17, 15) is 0 Å². The Morgan fingerprint density at radius 2 is 1.97 bits per heavy atom. The van der Waals surface area contributed by atoms with Crippen molar-refractivity contribution in [1.29, 1.82) is 0 Å². The van der Waals surface area contributed by atoms with Gasteiger partial charge >= 0.3 is 0 Å². The number of aryl methyl sites for hydroxylation is 3. The lowest BCUT2D eigenvalue weighted by Gasteiger charge is -2.30. The molecule has 0 spiro atoms. The number of rotatable bonds is 7. The minimum atomic E-state index is 0.609. The first kappa shape index (κ1) is 21.9. The lowest BCUT2D eigenvalue weighted by atomic mass is 10.1. The molecule has 0 unspecified atom stereocenters. The maximum absolute atomic E-state index is 6.57. The third-order valence-electron chi connectivity index (χ3n) is 6.09. The molecule has 0 aromatic carbocycles. The van der Waals surface area contributed by atoms with Crippen molar-refractivity contribution in [2.24, 2.45) is 18.6 Å². The predicted octanol–water partition coefficient (Wildman–Crippen LogP) is 2.37. The Bertz CT molecular complexity index is 1070. The molecule has 4 rings (SSSR count). The lowest BCUT2D eigenvalue weighted by Crippen LogP contribution is -2.30. The summed E-state index contributed by atoms with van der Waals surface area (Å²) in [5.74, 6) is 6.96. The number of nitrogens with zero attached hydrogens (tertiary/aromatic N) is 7. The Morgan fingerprint density at radius 3 is 2.62 bits per heavy atom. The summed E-state index contributed by atoms with van der Waals surface area (Å²) in [5, 5.41) is 10.4. The van der Waals surface area contributed by atoms with Crippen LogP contribution in [0.5, 0.6) is 0 Å². The molecule has 1 saturated heterocycles. The number of allylic oxidation sites excluding steroid dienone is 1. The molecule has 3 aromatic rings. The number of hydrazine groups is 1. The van der Waals surface area contributed by atoms with Gasteiger partial charge in [0.25, 0.3) is 0 Å². The van der Waals surface area contributed by atoms with E-state index in [1.165, 1.54) is 24.9 Å². The fourth-order valence-electron chi connectivity index (χ4n) is 4.31. The van der Waals surface area contributed by atoms with Crippen molar-refractivity contribution in [3.63, 3.8) is 0 Å². The van der Waals surface area contributed by atoms with E-state index in [-0.39, 0.29) is 0 Å². The standard InChI is InChI=1S/C23H33N9/c1-17-20(31-13-5-4-6-14-31)11-9-19(27-17)23(24)21(29(2)25)10-8-18-16-22(28-30(18)3)32-15-7-12-26-32/h7,9,11-12,15-16H,4-6,8,10,13-14,24-25H2,1-3H3/b23-21-. The van der Waals surface area contributed by atoms with Crippen molar-refractivity contribution in [1.82, 2.24) is 29.6 Å². The zero-order valence-electron chi connectivity index (χ0n) is 19.2. The molecule has 9 nitrogen and oxygen atoms in total. The second kappa shape index (κ2) is 9.44. The van der Waals surface area contributed by atoms with Gasteiger partial charge in [0.15, 0.2) is 5.82 Å². The number of pyridine rings is 1. The van der Waals surface area contributed by atoms with E-state index in [1.54, 1.807) is 15.9 Å². The van der Waals surface area contributed by atoms with Crippen molar-refractivity contribution in [2.45, 2.75) is 39.0 Å². The minimum absolute atomic E-state index is 0.609. The first-order valence-electron chi connectivity index (χ1n) is 11.2. The van der Waals surface area contributed by atoms with E-state index in [1.807, 2.05) is 43.2 Å². The van der Waals surface area contributed by atoms with Crippen LogP contribution in [0.25, 0.3) is 11.5 Å². The summed E-state index contributed by atoms with van der Waals surface area (Å²) in [7, 11) is 3.75. The van der Waals surface area contributed by atoms with Gasteiger partial charge in [0.05, 0.1) is 28.5 Å². The average Bonchev–Trinajstić information content (AvgIpc) is 3.44. The number of hydrogen-bond donors (Lipinski definition) is 2. The molecule has 0 bridgehead atoms. The molecular weight excluding hydrogens is 402 g/mol. The zero-order valence-corrected chi connectivity index (χ0v) is 19.2. The molecule has 0 atom stereocenters. The molecule has 0 amide bonds. The number of aromatic nitrogens is 5. The van der Waals surface area contributed by atoms with Gasteiger partial charge in [-0.25, -0.2) is 15.5 Å². The highest BCUT2D eigenvalue weighted by atomic mass is 15.4. The summed E-state index contributed by atoms with van der Waals surface area (Å²) in [6.07, 6.45) is 8.82. The van der Waals surface area contributed by atoms with Crippen LogP contribution in [0.2, 0.25) is 0 Å². The fourth-order valence-corrected chi connectivity index (χ4v) is 4.31. The van der Waals surface area contributed by atoms with Crippen molar-refractivity contribution < 1.29 is 0 Å². The van der Waals surface area contributed by atoms with Crippen LogP contribution in [0.1, 0.15) is 42.8 Å². The maximum Gasteiger partial charge on any atom is 0.175 e. The Labute approximate surface area is 189 Å². The molecule has 1 fully saturated rings. The summed E-state index contributed by atoms with van der Waals surface area (Å²) < 4.78 is 3.62. The second-order valence-electron chi connectivity index (χ2n) is 8.39.